The monoisotopic (exact) mass is 657 g/mol. The summed E-state index contributed by atoms with van der Waals surface area (Å²) in [5, 5.41) is 5.72. The Balaban J connectivity index is 1.08. The first kappa shape index (κ1) is 33.9. The van der Waals surface area contributed by atoms with E-state index >= 15 is 0 Å². The number of nitrogens with two attached hydrogens (primary N) is 1. The molecular formula is C30H47N3O13. The molecule has 0 radical (unpaired) electrons. The van der Waals surface area contributed by atoms with Gasteiger partial charge in [-0.3, -0.25) is 9.59 Å². The molecule has 0 spiro atoms. The van der Waals surface area contributed by atoms with Gasteiger partial charge in [0, 0.05) is 19.6 Å². The number of ether oxygens (including phenoxy) is 10. The van der Waals surface area contributed by atoms with Crippen molar-refractivity contribution in [3.8, 4) is 0 Å². The van der Waals surface area contributed by atoms with E-state index in [9.17, 15) is 14.4 Å². The molecule has 0 saturated carbocycles. The highest BCUT2D eigenvalue weighted by atomic mass is 16.8. The standard InChI is InChI=1S/C30H47N3O13/c1-12(2)37-27(36)24-21-18(43-30(7,8)46-21)15(40-24)11-33-26(35)23-20-17(42-29(5,6)45-20)14(39-23)10-32-25(34)22-19-16(13(9-31)38-22)41-28(3,4)44-19/h12-24H,9-11,31H2,1-8H3,(H,32,34)(H,33,35)/t13-,14-,15-,16+,17+,18+,19+,20+,21+,22-,23-,24-/m1/s1. The van der Waals surface area contributed by atoms with Gasteiger partial charge in [0.1, 0.15) is 48.8 Å². The van der Waals surface area contributed by atoms with Crippen LogP contribution in [0.15, 0.2) is 0 Å². The van der Waals surface area contributed by atoms with Crippen LogP contribution in [0, 0.1) is 0 Å². The number of nitrogens with one attached hydrogen (secondary N) is 2. The van der Waals surface area contributed by atoms with Crippen LogP contribution in [0.2, 0.25) is 0 Å². The zero-order chi connectivity index (χ0) is 33.3. The van der Waals surface area contributed by atoms with Crippen LogP contribution in [-0.4, -0.2) is 134 Å². The summed E-state index contributed by atoms with van der Waals surface area (Å²) in [6, 6.07) is 0. The van der Waals surface area contributed by atoms with Gasteiger partial charge in [-0.15, -0.1) is 0 Å². The summed E-state index contributed by atoms with van der Waals surface area (Å²) in [7, 11) is 0. The molecule has 6 aliphatic rings. The molecule has 0 aromatic rings. The van der Waals surface area contributed by atoms with E-state index in [4.69, 9.17) is 53.1 Å². The SMILES string of the molecule is CC(C)OC(=O)[C@@H]1O[C@H](CNC(=O)[C@@H]2O[C@H](CNC(=O)[C@@H]3O[C@H](CN)[C@@H]4OC(C)(C)O[C@@H]43)[C@@H]3OC(C)(C)O[C@@H]32)[C@@H]2OC(C)(C)O[C@@H]21. The van der Waals surface area contributed by atoms with E-state index in [1.54, 1.807) is 55.4 Å². The summed E-state index contributed by atoms with van der Waals surface area (Å²) in [6.45, 7) is 14.2. The summed E-state index contributed by atoms with van der Waals surface area (Å²) in [6.07, 6.45) is -8.98. The third-order valence-electron chi connectivity index (χ3n) is 8.74. The second kappa shape index (κ2) is 12.2. The third kappa shape index (κ3) is 6.53. The van der Waals surface area contributed by atoms with Gasteiger partial charge in [0.25, 0.3) is 11.8 Å². The number of amides is 2. The maximum absolute atomic E-state index is 13.5. The van der Waals surface area contributed by atoms with E-state index in [-0.39, 0.29) is 25.7 Å². The van der Waals surface area contributed by atoms with E-state index in [0.29, 0.717) is 0 Å². The number of carbonyl (C=O) groups excluding carboxylic acids is 3. The topological polar surface area (TPSA) is 194 Å². The van der Waals surface area contributed by atoms with Crippen LogP contribution in [0.25, 0.3) is 0 Å². The Labute approximate surface area is 267 Å². The summed E-state index contributed by atoms with van der Waals surface area (Å²) >= 11 is 0. The molecule has 4 N–H and O–H groups in total. The van der Waals surface area contributed by atoms with Crippen molar-refractivity contribution in [1.29, 1.82) is 0 Å². The molecule has 0 bridgehead atoms. The van der Waals surface area contributed by atoms with Gasteiger partial charge in [-0.25, -0.2) is 4.79 Å². The lowest BCUT2D eigenvalue weighted by atomic mass is 10.1. The van der Waals surface area contributed by atoms with Crippen LogP contribution in [0.3, 0.4) is 0 Å². The first-order chi connectivity index (χ1) is 21.5. The Morgan fingerprint density at radius 1 is 0.609 bits per heavy atom. The molecule has 6 aliphatic heterocycles. The molecule has 6 rings (SSSR count). The van der Waals surface area contributed by atoms with Crippen LogP contribution in [-0.2, 0) is 61.8 Å². The van der Waals surface area contributed by atoms with Crippen LogP contribution in [0.5, 0.6) is 0 Å². The molecule has 0 aromatic carbocycles. The molecule has 0 aliphatic carbocycles. The third-order valence-corrected chi connectivity index (χ3v) is 8.74. The molecular weight excluding hydrogens is 610 g/mol. The molecule has 260 valence electrons. The van der Waals surface area contributed by atoms with Crippen molar-refractivity contribution in [2.45, 2.75) is 152 Å². The molecule has 46 heavy (non-hydrogen) atoms. The van der Waals surface area contributed by atoms with Gasteiger partial charge < -0.3 is 63.7 Å². The Morgan fingerprint density at radius 3 is 1.37 bits per heavy atom. The van der Waals surface area contributed by atoms with Crippen LogP contribution in [0.4, 0.5) is 0 Å². The van der Waals surface area contributed by atoms with Crippen molar-refractivity contribution in [2.75, 3.05) is 19.6 Å². The number of fused-ring (bicyclic) bond motifs is 3. The number of hydrogen-bond acceptors (Lipinski definition) is 14. The summed E-state index contributed by atoms with van der Waals surface area (Å²) in [4.78, 5) is 39.6. The molecule has 6 heterocycles. The zero-order valence-corrected chi connectivity index (χ0v) is 27.5. The highest BCUT2D eigenvalue weighted by molar-refractivity contribution is 5.83. The molecule has 16 heteroatoms. The largest absolute Gasteiger partial charge is 0.461 e. The lowest BCUT2D eigenvalue weighted by Gasteiger charge is -2.26. The van der Waals surface area contributed by atoms with E-state index in [0.717, 1.165) is 0 Å². The fraction of sp³-hybridized carbons (Fsp3) is 0.900. The fourth-order valence-electron chi connectivity index (χ4n) is 7.08. The minimum absolute atomic E-state index is 0.0100. The lowest BCUT2D eigenvalue weighted by molar-refractivity contribution is -0.197. The van der Waals surface area contributed by atoms with E-state index in [1.807, 2.05) is 0 Å². The van der Waals surface area contributed by atoms with Crippen molar-refractivity contribution >= 4 is 17.8 Å². The number of carbonyl (C=O) groups is 3. The van der Waals surface area contributed by atoms with Crippen LogP contribution in [0.1, 0.15) is 55.4 Å². The normalized spacial score (nSPS) is 42.9. The average molecular weight is 658 g/mol. The van der Waals surface area contributed by atoms with Gasteiger partial charge in [0.05, 0.1) is 12.2 Å². The lowest BCUT2D eigenvalue weighted by Crippen LogP contribution is -2.47. The predicted octanol–water partition coefficient (Wildman–Crippen LogP) is -1.01. The van der Waals surface area contributed by atoms with Gasteiger partial charge >= 0.3 is 5.97 Å². The Hall–Kier alpha value is -1.99. The Kier molecular flexibility index (Phi) is 8.96. The Morgan fingerprint density at radius 2 is 0.957 bits per heavy atom. The minimum atomic E-state index is -1.05. The first-order valence-electron chi connectivity index (χ1n) is 16.0. The van der Waals surface area contributed by atoms with Gasteiger partial charge in [0.2, 0.25) is 0 Å². The number of esters is 1. The second-order valence-electron chi connectivity index (χ2n) is 14.2. The van der Waals surface area contributed by atoms with Crippen LogP contribution < -0.4 is 16.4 Å². The quantitative estimate of drug-likeness (QED) is 0.255. The van der Waals surface area contributed by atoms with Crippen molar-refractivity contribution in [3.63, 3.8) is 0 Å². The van der Waals surface area contributed by atoms with Gasteiger partial charge in [-0.2, -0.15) is 0 Å². The number of hydrogen-bond donors (Lipinski definition) is 3. The zero-order valence-electron chi connectivity index (χ0n) is 27.5. The molecule has 12 atom stereocenters. The molecule has 0 aromatic heterocycles. The van der Waals surface area contributed by atoms with Crippen molar-refractivity contribution in [3.05, 3.63) is 0 Å². The summed E-state index contributed by atoms with van der Waals surface area (Å²) < 4.78 is 59.4. The van der Waals surface area contributed by atoms with E-state index in [1.165, 1.54) is 0 Å². The summed E-state index contributed by atoms with van der Waals surface area (Å²) in [5.74, 6) is -4.24. The van der Waals surface area contributed by atoms with E-state index < -0.39 is 108 Å². The van der Waals surface area contributed by atoms with Crippen molar-refractivity contribution in [2.24, 2.45) is 5.73 Å². The highest BCUT2D eigenvalue weighted by Gasteiger charge is 2.61. The minimum Gasteiger partial charge on any atom is -0.461 e. The van der Waals surface area contributed by atoms with Gasteiger partial charge in [-0.05, 0) is 55.4 Å². The van der Waals surface area contributed by atoms with Crippen molar-refractivity contribution < 1.29 is 61.8 Å². The average Bonchev–Trinajstić information content (AvgIpc) is 3.74. The smallest absolute Gasteiger partial charge is 0.338 e. The maximum Gasteiger partial charge on any atom is 0.338 e. The Bertz CT molecular complexity index is 1200. The number of rotatable bonds is 9. The van der Waals surface area contributed by atoms with Gasteiger partial charge in [-0.1, -0.05) is 0 Å². The molecule has 0 unspecified atom stereocenters. The molecule has 2 amide bonds. The van der Waals surface area contributed by atoms with E-state index in [2.05, 4.69) is 10.6 Å². The predicted molar refractivity (Wildman–Crippen MR) is 154 cm³/mol. The maximum atomic E-state index is 13.5. The van der Waals surface area contributed by atoms with Crippen molar-refractivity contribution in [1.82, 2.24) is 10.6 Å². The fourth-order valence-corrected chi connectivity index (χ4v) is 7.08. The highest BCUT2D eigenvalue weighted by Crippen LogP contribution is 2.41. The molecule has 16 nitrogen and oxygen atoms in total. The van der Waals surface area contributed by atoms with Gasteiger partial charge in [0.15, 0.2) is 35.7 Å². The summed E-state index contributed by atoms with van der Waals surface area (Å²) in [5.41, 5.74) is 5.86. The first-order valence-corrected chi connectivity index (χ1v) is 16.0. The van der Waals surface area contributed by atoms with Crippen LogP contribution >= 0.6 is 0 Å². The molecule has 6 saturated heterocycles. The molecule has 6 fully saturated rings. The second-order valence-corrected chi connectivity index (χ2v) is 14.2.